The van der Waals surface area contributed by atoms with Crippen molar-refractivity contribution in [1.29, 1.82) is 0 Å². The molecule has 1 heterocycles. The molecule has 1 atom stereocenters. The summed E-state index contributed by atoms with van der Waals surface area (Å²) in [6.45, 7) is 5.68. The Balaban J connectivity index is 2.07. The van der Waals surface area contributed by atoms with Gasteiger partial charge in [0.15, 0.2) is 6.10 Å². The summed E-state index contributed by atoms with van der Waals surface area (Å²) in [4.78, 5) is 17.0. The van der Waals surface area contributed by atoms with Gasteiger partial charge in [-0.25, -0.2) is 0 Å². The highest BCUT2D eigenvalue weighted by Crippen LogP contribution is 2.23. The number of halogens is 2. The summed E-state index contributed by atoms with van der Waals surface area (Å²) in [5, 5.41) is 3.91. The Kier molecular flexibility index (Phi) is 7.94. The molecule has 6 heteroatoms. The minimum absolute atomic E-state index is 0.179. The van der Waals surface area contributed by atoms with Crippen molar-refractivity contribution in [2.24, 2.45) is 0 Å². The van der Waals surface area contributed by atoms with Crippen LogP contribution in [-0.4, -0.2) is 28.4 Å². The topological polar surface area (TPSA) is 51.2 Å². The van der Waals surface area contributed by atoms with Crippen LogP contribution in [0.4, 0.5) is 0 Å². The molecule has 27 heavy (non-hydrogen) atoms. The maximum absolute atomic E-state index is 12.7. The molecule has 0 spiro atoms. The van der Waals surface area contributed by atoms with Crippen molar-refractivity contribution in [1.82, 2.24) is 10.3 Å². The summed E-state index contributed by atoms with van der Waals surface area (Å²) in [7, 11) is 0. The van der Waals surface area contributed by atoms with E-state index in [1.807, 2.05) is 45.0 Å². The van der Waals surface area contributed by atoms with Crippen LogP contribution in [0.3, 0.4) is 0 Å². The molecule has 1 aromatic carbocycles. The third-order valence-corrected chi connectivity index (χ3v) is 4.53. The summed E-state index contributed by atoms with van der Waals surface area (Å²) < 4.78 is 6.84. The standard InChI is InChI=1S/C21H24BrClN2O2/c1-4-19(20(26)25-21(2,3)10-6-5-7-11-23)27-17-8-9-18-15(13-17)12-16(22)14-24-18/h8-9,12-14,19H,4-5,7,11H2,1-3H3,(H,25,26). The quantitative estimate of drug-likeness (QED) is 0.363. The van der Waals surface area contributed by atoms with Gasteiger partial charge in [-0.15, -0.1) is 17.5 Å². The highest BCUT2D eigenvalue weighted by molar-refractivity contribution is 9.10. The van der Waals surface area contributed by atoms with E-state index in [1.54, 1.807) is 6.20 Å². The van der Waals surface area contributed by atoms with E-state index < -0.39 is 11.6 Å². The van der Waals surface area contributed by atoms with Crippen LogP contribution in [0.2, 0.25) is 0 Å². The lowest BCUT2D eigenvalue weighted by atomic mass is 10.1. The van der Waals surface area contributed by atoms with Crippen LogP contribution in [0, 0.1) is 11.8 Å². The minimum atomic E-state index is -0.627. The van der Waals surface area contributed by atoms with Crippen molar-refractivity contribution < 1.29 is 9.53 Å². The number of nitrogens with zero attached hydrogens (tertiary/aromatic N) is 1. The molecule has 0 saturated carbocycles. The molecule has 0 radical (unpaired) electrons. The molecule has 0 aliphatic rings. The van der Waals surface area contributed by atoms with Crippen LogP contribution in [0.5, 0.6) is 5.75 Å². The number of benzene rings is 1. The molecule has 0 bridgehead atoms. The number of pyridine rings is 1. The number of rotatable bonds is 7. The van der Waals surface area contributed by atoms with Gasteiger partial charge in [-0.05, 0) is 66.9 Å². The summed E-state index contributed by atoms with van der Waals surface area (Å²) in [6, 6.07) is 7.57. The van der Waals surface area contributed by atoms with E-state index in [1.165, 1.54) is 0 Å². The summed E-state index contributed by atoms with van der Waals surface area (Å²) in [5.74, 6) is 7.19. The number of carbonyl (C=O) groups is 1. The number of ether oxygens (including phenoxy) is 1. The van der Waals surface area contributed by atoms with Gasteiger partial charge in [0, 0.05) is 28.4 Å². The number of carbonyl (C=O) groups excluding carboxylic acids is 1. The normalized spacial score (nSPS) is 12.2. The van der Waals surface area contributed by atoms with Gasteiger partial charge in [-0.1, -0.05) is 12.8 Å². The number of unbranched alkanes of at least 4 members (excludes halogenated alkanes) is 1. The molecule has 1 amide bonds. The van der Waals surface area contributed by atoms with Crippen LogP contribution in [0.1, 0.15) is 40.0 Å². The van der Waals surface area contributed by atoms with Gasteiger partial charge in [-0.3, -0.25) is 9.78 Å². The van der Waals surface area contributed by atoms with Gasteiger partial charge >= 0.3 is 0 Å². The van der Waals surface area contributed by atoms with E-state index in [2.05, 4.69) is 38.1 Å². The number of aromatic nitrogens is 1. The molecule has 2 aromatic rings. The predicted molar refractivity (Wildman–Crippen MR) is 114 cm³/mol. The van der Waals surface area contributed by atoms with Gasteiger partial charge in [0.05, 0.1) is 11.1 Å². The number of hydrogen-bond acceptors (Lipinski definition) is 3. The van der Waals surface area contributed by atoms with Crippen LogP contribution in [0.15, 0.2) is 34.9 Å². The summed E-state index contributed by atoms with van der Waals surface area (Å²) >= 11 is 9.08. The fraction of sp³-hybridized carbons (Fsp3) is 0.429. The average molecular weight is 452 g/mol. The maximum atomic E-state index is 12.7. The lowest BCUT2D eigenvalue weighted by Gasteiger charge is -2.24. The van der Waals surface area contributed by atoms with Crippen molar-refractivity contribution in [2.45, 2.75) is 51.7 Å². The van der Waals surface area contributed by atoms with E-state index in [-0.39, 0.29) is 5.91 Å². The van der Waals surface area contributed by atoms with Gasteiger partial charge < -0.3 is 10.1 Å². The number of fused-ring (bicyclic) bond motifs is 1. The van der Waals surface area contributed by atoms with Crippen molar-refractivity contribution in [2.75, 3.05) is 5.88 Å². The second kappa shape index (κ2) is 9.96. The first-order valence-corrected chi connectivity index (χ1v) is 10.3. The van der Waals surface area contributed by atoms with Crippen molar-refractivity contribution >= 4 is 44.3 Å². The summed E-state index contributed by atoms with van der Waals surface area (Å²) in [6.07, 6.45) is 3.27. The molecule has 1 aromatic heterocycles. The first kappa shape index (κ1) is 21.5. The second-order valence-electron chi connectivity index (χ2n) is 6.73. The average Bonchev–Trinajstić information content (AvgIpc) is 2.62. The number of alkyl halides is 1. The number of hydrogen-bond donors (Lipinski definition) is 1. The highest BCUT2D eigenvalue weighted by atomic mass is 79.9. The molecule has 1 N–H and O–H groups in total. The number of amides is 1. The van der Waals surface area contributed by atoms with E-state index in [9.17, 15) is 4.79 Å². The van der Waals surface area contributed by atoms with E-state index in [0.717, 1.165) is 28.2 Å². The third-order valence-electron chi connectivity index (χ3n) is 3.83. The van der Waals surface area contributed by atoms with E-state index >= 15 is 0 Å². The van der Waals surface area contributed by atoms with Crippen LogP contribution in [-0.2, 0) is 4.79 Å². The van der Waals surface area contributed by atoms with Gasteiger partial charge in [-0.2, -0.15) is 0 Å². The zero-order chi connectivity index (χ0) is 19.9. The molecule has 144 valence electrons. The van der Waals surface area contributed by atoms with Crippen LogP contribution >= 0.6 is 27.5 Å². The Morgan fingerprint density at radius 1 is 1.41 bits per heavy atom. The zero-order valence-corrected chi connectivity index (χ0v) is 18.2. The molecule has 2 rings (SSSR count). The lowest BCUT2D eigenvalue weighted by molar-refractivity contribution is -0.129. The number of nitrogens with one attached hydrogen (secondary N) is 1. The smallest absolute Gasteiger partial charge is 0.262 e. The Bertz CT molecular complexity index is 858. The molecular weight excluding hydrogens is 428 g/mol. The lowest BCUT2D eigenvalue weighted by Crippen LogP contribution is -2.48. The SMILES string of the molecule is CCC(Oc1ccc2ncc(Br)cc2c1)C(=O)NC(C)(C)C#CCCCCl. The molecular formula is C21H24BrClN2O2. The van der Waals surface area contributed by atoms with Gasteiger partial charge in [0.25, 0.3) is 5.91 Å². The van der Waals surface area contributed by atoms with Gasteiger partial charge in [0.1, 0.15) is 5.75 Å². The minimum Gasteiger partial charge on any atom is -0.481 e. The monoisotopic (exact) mass is 450 g/mol. The maximum Gasteiger partial charge on any atom is 0.262 e. The molecule has 0 aliphatic heterocycles. The predicted octanol–water partition coefficient (Wildman–Crippen LogP) is 5.07. The fourth-order valence-electron chi connectivity index (χ4n) is 2.50. The summed E-state index contributed by atoms with van der Waals surface area (Å²) in [5.41, 5.74) is 0.245. The fourth-order valence-corrected chi connectivity index (χ4v) is 2.98. The second-order valence-corrected chi connectivity index (χ2v) is 8.02. The highest BCUT2D eigenvalue weighted by Gasteiger charge is 2.25. The molecule has 0 aliphatic carbocycles. The largest absolute Gasteiger partial charge is 0.481 e. The zero-order valence-electron chi connectivity index (χ0n) is 15.8. The van der Waals surface area contributed by atoms with Crippen molar-refractivity contribution in [3.63, 3.8) is 0 Å². The van der Waals surface area contributed by atoms with E-state index in [4.69, 9.17) is 16.3 Å². The third kappa shape index (κ3) is 6.71. The van der Waals surface area contributed by atoms with Gasteiger partial charge in [0.2, 0.25) is 0 Å². The van der Waals surface area contributed by atoms with Crippen LogP contribution in [0.25, 0.3) is 10.9 Å². The molecule has 0 fully saturated rings. The Morgan fingerprint density at radius 2 is 2.19 bits per heavy atom. The Hall–Kier alpha value is -1.77. The first-order chi connectivity index (χ1) is 12.8. The van der Waals surface area contributed by atoms with Crippen molar-refractivity contribution in [3.05, 3.63) is 34.9 Å². The molecule has 1 unspecified atom stereocenters. The van der Waals surface area contributed by atoms with E-state index in [0.29, 0.717) is 18.1 Å². The first-order valence-electron chi connectivity index (χ1n) is 8.94. The Labute approximate surface area is 174 Å². The molecule has 4 nitrogen and oxygen atoms in total. The van der Waals surface area contributed by atoms with Crippen molar-refractivity contribution in [3.8, 4) is 17.6 Å². The molecule has 0 saturated heterocycles. The van der Waals surface area contributed by atoms with Crippen LogP contribution < -0.4 is 10.1 Å². The Morgan fingerprint density at radius 3 is 2.89 bits per heavy atom.